The van der Waals surface area contributed by atoms with Crippen molar-refractivity contribution >= 4 is 21.9 Å². The Kier molecular flexibility index (Phi) is 4.20. The van der Waals surface area contributed by atoms with Crippen LogP contribution in [0.3, 0.4) is 0 Å². The highest BCUT2D eigenvalue weighted by Gasteiger charge is 2.35. The predicted molar refractivity (Wildman–Crippen MR) is 74.7 cm³/mol. The smallest absolute Gasteiger partial charge is 0.416 e. The van der Waals surface area contributed by atoms with E-state index in [1.54, 1.807) is 0 Å². The van der Waals surface area contributed by atoms with E-state index in [1.807, 2.05) is 0 Å². The summed E-state index contributed by atoms with van der Waals surface area (Å²) in [7, 11) is -4.29. The Morgan fingerprint density at radius 1 is 1.30 bits per heavy atom. The fourth-order valence-corrected chi connectivity index (χ4v) is 3.11. The molecular weight excluding hydrogens is 337 g/mol. The largest absolute Gasteiger partial charge is 0.478 e. The van der Waals surface area contributed by atoms with Crippen LogP contribution in [0.1, 0.15) is 18.1 Å². The number of rotatable bonds is 3. The quantitative estimate of drug-likeness (QED) is 0.907. The van der Waals surface area contributed by atoms with E-state index >= 15 is 0 Å². The lowest BCUT2D eigenvalue weighted by Crippen LogP contribution is -2.31. The maximum absolute atomic E-state index is 13.0. The Bertz CT molecular complexity index is 813. The summed E-state index contributed by atoms with van der Waals surface area (Å²) in [6, 6.07) is 4.45. The zero-order chi connectivity index (χ0) is 17.4. The second kappa shape index (κ2) is 5.69. The maximum Gasteiger partial charge on any atom is 0.416 e. The Morgan fingerprint density at radius 2 is 1.91 bits per heavy atom. The summed E-state index contributed by atoms with van der Waals surface area (Å²) in [5.74, 6) is -1.42. The normalized spacial score (nSPS) is 17.5. The van der Waals surface area contributed by atoms with Crippen LogP contribution < -0.4 is 0 Å². The highest BCUT2D eigenvalue weighted by Crippen LogP contribution is 2.33. The SMILES string of the molecule is CC1=NS(=O)(=O)N(Cc2ccccc2C(F)(F)F)C=C1C(=O)O. The Hall–Kier alpha value is -2.36. The summed E-state index contributed by atoms with van der Waals surface area (Å²) in [6.45, 7) is 0.518. The number of nitrogens with zero attached hydrogens (tertiary/aromatic N) is 2. The summed E-state index contributed by atoms with van der Waals surface area (Å²) in [4.78, 5) is 11.0. The van der Waals surface area contributed by atoms with Crippen LogP contribution in [0.25, 0.3) is 0 Å². The summed E-state index contributed by atoms with van der Waals surface area (Å²) in [6.07, 6.45) is -3.89. The molecule has 0 aromatic heterocycles. The van der Waals surface area contributed by atoms with E-state index < -0.39 is 40.0 Å². The van der Waals surface area contributed by atoms with Crippen LogP contribution in [-0.4, -0.2) is 29.5 Å². The van der Waals surface area contributed by atoms with Crippen molar-refractivity contribution in [2.24, 2.45) is 4.40 Å². The van der Waals surface area contributed by atoms with E-state index in [-0.39, 0.29) is 11.3 Å². The van der Waals surface area contributed by atoms with Crippen molar-refractivity contribution in [3.05, 3.63) is 47.2 Å². The van der Waals surface area contributed by atoms with Crippen molar-refractivity contribution in [2.45, 2.75) is 19.6 Å². The van der Waals surface area contributed by atoms with Crippen molar-refractivity contribution in [3.63, 3.8) is 0 Å². The third-order valence-corrected chi connectivity index (χ3v) is 4.42. The maximum atomic E-state index is 13.0. The molecule has 1 N–H and O–H groups in total. The van der Waals surface area contributed by atoms with Crippen LogP contribution >= 0.6 is 0 Å². The lowest BCUT2D eigenvalue weighted by Gasteiger charge is -2.24. The fraction of sp³-hybridized carbons (Fsp3) is 0.231. The monoisotopic (exact) mass is 348 g/mol. The van der Waals surface area contributed by atoms with Gasteiger partial charge in [-0.25, -0.2) is 4.79 Å². The standard InChI is InChI=1S/C13H11F3N2O4S/c1-8-10(12(19)20)7-18(23(21,22)17-8)6-9-4-2-3-5-11(9)13(14,15)16/h2-5,7H,6H2,1H3,(H,19,20). The van der Waals surface area contributed by atoms with Gasteiger partial charge in [-0.15, -0.1) is 4.40 Å². The molecule has 0 saturated heterocycles. The Labute approximate surface area is 129 Å². The Balaban J connectivity index is 2.46. The molecule has 2 rings (SSSR count). The minimum absolute atomic E-state index is 0.238. The van der Waals surface area contributed by atoms with Gasteiger partial charge in [-0.2, -0.15) is 21.6 Å². The predicted octanol–water partition coefficient (Wildman–Crippen LogP) is 2.20. The first kappa shape index (κ1) is 17.0. The summed E-state index contributed by atoms with van der Waals surface area (Å²) < 4.78 is 66.5. The third kappa shape index (κ3) is 3.52. The topological polar surface area (TPSA) is 87.0 Å². The van der Waals surface area contributed by atoms with Gasteiger partial charge in [0.1, 0.15) is 0 Å². The van der Waals surface area contributed by atoms with E-state index in [1.165, 1.54) is 19.1 Å². The zero-order valence-corrected chi connectivity index (χ0v) is 12.5. The molecule has 1 aliphatic rings. The number of hydrogen-bond acceptors (Lipinski definition) is 3. The number of hydrogen-bond donors (Lipinski definition) is 1. The fourth-order valence-electron chi connectivity index (χ4n) is 2.02. The van der Waals surface area contributed by atoms with E-state index in [0.717, 1.165) is 18.3 Å². The number of benzene rings is 1. The molecular formula is C13H11F3N2O4S. The van der Waals surface area contributed by atoms with Crippen molar-refractivity contribution in [2.75, 3.05) is 0 Å². The second-order valence-corrected chi connectivity index (χ2v) is 6.25. The molecule has 1 heterocycles. The van der Waals surface area contributed by atoms with Gasteiger partial charge in [-0.05, 0) is 18.6 Å². The molecule has 0 saturated carbocycles. The molecule has 1 aromatic carbocycles. The molecule has 0 bridgehead atoms. The van der Waals surface area contributed by atoms with Crippen LogP contribution in [0.2, 0.25) is 0 Å². The van der Waals surface area contributed by atoms with Crippen LogP contribution in [0, 0.1) is 0 Å². The number of carboxylic acids is 1. The molecule has 10 heteroatoms. The van der Waals surface area contributed by atoms with Gasteiger partial charge in [0.2, 0.25) is 0 Å². The summed E-state index contributed by atoms with van der Waals surface area (Å²) in [5.41, 5.74) is -1.94. The summed E-state index contributed by atoms with van der Waals surface area (Å²) in [5, 5.41) is 9.00. The minimum Gasteiger partial charge on any atom is -0.478 e. The first-order valence-electron chi connectivity index (χ1n) is 6.21. The molecule has 0 amide bonds. The van der Waals surface area contributed by atoms with E-state index in [9.17, 15) is 26.4 Å². The van der Waals surface area contributed by atoms with Gasteiger partial charge in [0.25, 0.3) is 0 Å². The lowest BCUT2D eigenvalue weighted by atomic mass is 10.1. The number of alkyl halides is 3. The van der Waals surface area contributed by atoms with E-state index in [0.29, 0.717) is 4.31 Å². The average Bonchev–Trinajstić information content (AvgIpc) is 2.40. The molecule has 1 aromatic rings. The van der Waals surface area contributed by atoms with E-state index in [2.05, 4.69) is 4.40 Å². The number of halogens is 3. The number of carboxylic acid groups (broad SMARTS) is 1. The van der Waals surface area contributed by atoms with Crippen LogP contribution in [0.5, 0.6) is 0 Å². The van der Waals surface area contributed by atoms with Crippen molar-refractivity contribution in [1.29, 1.82) is 0 Å². The van der Waals surface area contributed by atoms with Gasteiger partial charge in [-0.1, -0.05) is 18.2 Å². The molecule has 0 atom stereocenters. The van der Waals surface area contributed by atoms with Gasteiger partial charge in [-0.3, -0.25) is 4.31 Å². The average molecular weight is 348 g/mol. The first-order chi connectivity index (χ1) is 10.5. The first-order valence-corrected chi connectivity index (χ1v) is 7.61. The summed E-state index contributed by atoms with van der Waals surface area (Å²) >= 11 is 0. The number of aliphatic carboxylic acids is 1. The van der Waals surface area contributed by atoms with Gasteiger partial charge in [0, 0.05) is 6.20 Å². The molecule has 0 fully saturated rings. The molecule has 0 spiro atoms. The highest BCUT2D eigenvalue weighted by atomic mass is 32.2. The minimum atomic E-state index is -4.66. The molecule has 0 radical (unpaired) electrons. The molecule has 0 aliphatic carbocycles. The molecule has 1 aliphatic heterocycles. The van der Waals surface area contributed by atoms with Gasteiger partial charge in [0.05, 0.1) is 23.4 Å². The van der Waals surface area contributed by atoms with Gasteiger partial charge in [0.15, 0.2) is 0 Å². The van der Waals surface area contributed by atoms with E-state index in [4.69, 9.17) is 5.11 Å². The second-order valence-electron chi connectivity index (χ2n) is 4.70. The molecule has 124 valence electrons. The molecule has 23 heavy (non-hydrogen) atoms. The van der Waals surface area contributed by atoms with Crippen LogP contribution in [0.4, 0.5) is 13.2 Å². The van der Waals surface area contributed by atoms with Crippen molar-refractivity contribution in [3.8, 4) is 0 Å². The van der Waals surface area contributed by atoms with Crippen LogP contribution in [0.15, 0.2) is 40.4 Å². The molecule has 6 nitrogen and oxygen atoms in total. The van der Waals surface area contributed by atoms with Crippen molar-refractivity contribution < 1.29 is 31.5 Å². The Morgan fingerprint density at radius 3 is 2.48 bits per heavy atom. The van der Waals surface area contributed by atoms with Crippen molar-refractivity contribution in [1.82, 2.24) is 4.31 Å². The van der Waals surface area contributed by atoms with Crippen LogP contribution in [-0.2, 0) is 27.7 Å². The third-order valence-electron chi connectivity index (χ3n) is 3.09. The molecule has 0 unspecified atom stereocenters. The zero-order valence-electron chi connectivity index (χ0n) is 11.7. The van der Waals surface area contributed by atoms with Gasteiger partial charge >= 0.3 is 22.4 Å². The van der Waals surface area contributed by atoms with Gasteiger partial charge < -0.3 is 5.11 Å². The highest BCUT2D eigenvalue weighted by molar-refractivity contribution is 7.88. The number of carbonyl (C=O) groups is 1. The lowest BCUT2D eigenvalue weighted by molar-refractivity contribution is -0.138.